The fraction of sp³-hybridized carbons (Fsp3) is 0.625. The zero-order valence-electron chi connectivity index (χ0n) is 12.5. The highest BCUT2D eigenvalue weighted by Crippen LogP contribution is 2.22. The van der Waals surface area contributed by atoms with Crippen LogP contribution in [0.15, 0.2) is 18.2 Å². The van der Waals surface area contributed by atoms with Gasteiger partial charge in [-0.2, -0.15) is 0 Å². The van der Waals surface area contributed by atoms with Crippen molar-refractivity contribution in [3.63, 3.8) is 0 Å². The number of methoxy groups -OCH3 is 1. The number of piperidine rings is 1. The summed E-state index contributed by atoms with van der Waals surface area (Å²) in [4.78, 5) is 2.32. The van der Waals surface area contributed by atoms with Crippen LogP contribution in [0.25, 0.3) is 0 Å². The molecule has 1 aromatic rings. The summed E-state index contributed by atoms with van der Waals surface area (Å²) in [5.41, 5.74) is 0.718. The van der Waals surface area contributed by atoms with Crippen molar-refractivity contribution in [2.45, 2.75) is 26.3 Å². The van der Waals surface area contributed by atoms with Gasteiger partial charge in [0.2, 0.25) is 0 Å². The molecule has 1 fully saturated rings. The Morgan fingerprint density at radius 1 is 1.45 bits per heavy atom. The van der Waals surface area contributed by atoms with Crippen molar-refractivity contribution in [2.24, 2.45) is 5.92 Å². The molecule has 112 valence electrons. The van der Waals surface area contributed by atoms with Crippen LogP contribution in [0.3, 0.4) is 0 Å². The maximum Gasteiger partial charge on any atom is 0.169 e. The minimum absolute atomic E-state index is 0.227. The number of ether oxygens (including phenoxy) is 1. The van der Waals surface area contributed by atoms with Crippen molar-refractivity contribution in [2.75, 3.05) is 33.3 Å². The van der Waals surface area contributed by atoms with Crippen molar-refractivity contribution < 1.29 is 9.13 Å². The first-order valence-corrected chi connectivity index (χ1v) is 7.49. The lowest BCUT2D eigenvalue weighted by atomic mass is 9.99. The predicted octanol–water partition coefficient (Wildman–Crippen LogP) is 2.66. The number of halogens is 1. The molecule has 1 saturated heterocycles. The quantitative estimate of drug-likeness (QED) is 0.867. The van der Waals surface area contributed by atoms with Crippen LogP contribution in [-0.2, 0) is 6.54 Å². The lowest BCUT2D eigenvalue weighted by Gasteiger charge is -2.29. The first kappa shape index (κ1) is 15.3. The van der Waals surface area contributed by atoms with Gasteiger partial charge in [-0.25, -0.2) is 4.39 Å². The molecule has 1 unspecified atom stereocenters. The van der Waals surface area contributed by atoms with Crippen LogP contribution in [0.5, 0.6) is 5.75 Å². The van der Waals surface area contributed by atoms with Gasteiger partial charge in [-0.15, -0.1) is 0 Å². The van der Waals surface area contributed by atoms with Crippen LogP contribution in [0.4, 0.5) is 4.39 Å². The highest BCUT2D eigenvalue weighted by Gasteiger charge is 2.18. The normalized spacial score (nSPS) is 19.3. The molecule has 1 aliphatic heterocycles. The largest absolute Gasteiger partial charge is 0.494 e. The third-order valence-corrected chi connectivity index (χ3v) is 4.02. The molecule has 1 aliphatic rings. The molecule has 0 saturated carbocycles. The number of benzene rings is 1. The van der Waals surface area contributed by atoms with E-state index < -0.39 is 0 Å². The molecule has 20 heavy (non-hydrogen) atoms. The molecule has 0 amide bonds. The zero-order valence-corrected chi connectivity index (χ0v) is 12.5. The van der Waals surface area contributed by atoms with Crippen LogP contribution in [0.2, 0.25) is 0 Å². The second-order valence-corrected chi connectivity index (χ2v) is 5.47. The number of nitrogens with zero attached hydrogens (tertiary/aromatic N) is 1. The Labute approximate surface area is 121 Å². The fourth-order valence-corrected chi connectivity index (χ4v) is 2.83. The van der Waals surface area contributed by atoms with Gasteiger partial charge < -0.3 is 10.1 Å². The SMILES string of the molecule is CCN(Cc1cccc(OC)c1F)CC1CCCNC1. The summed E-state index contributed by atoms with van der Waals surface area (Å²) in [6.45, 7) is 6.96. The van der Waals surface area contributed by atoms with E-state index in [9.17, 15) is 4.39 Å². The second-order valence-electron chi connectivity index (χ2n) is 5.47. The summed E-state index contributed by atoms with van der Waals surface area (Å²) in [6, 6.07) is 5.37. The molecule has 4 heteroatoms. The molecule has 0 bridgehead atoms. The molecular formula is C16H25FN2O. The van der Waals surface area contributed by atoms with Gasteiger partial charge in [0.25, 0.3) is 0 Å². The van der Waals surface area contributed by atoms with Gasteiger partial charge in [0.05, 0.1) is 7.11 Å². The Morgan fingerprint density at radius 3 is 2.95 bits per heavy atom. The Hall–Kier alpha value is -1.13. The van der Waals surface area contributed by atoms with Gasteiger partial charge in [0.1, 0.15) is 0 Å². The molecule has 0 aliphatic carbocycles. The van der Waals surface area contributed by atoms with Crippen LogP contribution in [0.1, 0.15) is 25.3 Å². The third-order valence-electron chi connectivity index (χ3n) is 4.02. The highest BCUT2D eigenvalue weighted by molar-refractivity contribution is 5.30. The summed E-state index contributed by atoms with van der Waals surface area (Å²) in [7, 11) is 1.51. The lowest BCUT2D eigenvalue weighted by Crippen LogP contribution is -2.38. The van der Waals surface area contributed by atoms with Crippen molar-refractivity contribution in [3.8, 4) is 5.75 Å². The smallest absolute Gasteiger partial charge is 0.169 e. The average molecular weight is 280 g/mol. The summed E-state index contributed by atoms with van der Waals surface area (Å²) >= 11 is 0. The maximum absolute atomic E-state index is 14.2. The molecule has 0 spiro atoms. The van der Waals surface area contributed by atoms with E-state index in [1.165, 1.54) is 20.0 Å². The van der Waals surface area contributed by atoms with E-state index in [0.29, 0.717) is 18.2 Å². The van der Waals surface area contributed by atoms with Gasteiger partial charge in [-0.05, 0) is 44.5 Å². The maximum atomic E-state index is 14.2. The van der Waals surface area contributed by atoms with Gasteiger partial charge in [0.15, 0.2) is 11.6 Å². The Bertz CT molecular complexity index is 419. The van der Waals surface area contributed by atoms with E-state index in [-0.39, 0.29) is 5.82 Å². The van der Waals surface area contributed by atoms with Gasteiger partial charge in [-0.3, -0.25) is 4.90 Å². The lowest BCUT2D eigenvalue weighted by molar-refractivity contribution is 0.207. The number of hydrogen-bond acceptors (Lipinski definition) is 3. The van der Waals surface area contributed by atoms with Crippen LogP contribution in [-0.4, -0.2) is 38.2 Å². The highest BCUT2D eigenvalue weighted by atomic mass is 19.1. The summed E-state index contributed by atoms with van der Waals surface area (Å²) in [6.07, 6.45) is 2.51. The Balaban J connectivity index is 1.98. The minimum atomic E-state index is -0.227. The topological polar surface area (TPSA) is 24.5 Å². The number of hydrogen-bond donors (Lipinski definition) is 1. The molecule has 1 aromatic carbocycles. The van der Waals surface area contributed by atoms with Gasteiger partial charge in [-0.1, -0.05) is 19.1 Å². The molecule has 1 heterocycles. The zero-order chi connectivity index (χ0) is 14.4. The monoisotopic (exact) mass is 280 g/mol. The molecule has 0 radical (unpaired) electrons. The third kappa shape index (κ3) is 3.93. The van der Waals surface area contributed by atoms with E-state index in [1.54, 1.807) is 6.07 Å². The van der Waals surface area contributed by atoms with Crippen LogP contribution >= 0.6 is 0 Å². The van der Waals surface area contributed by atoms with Gasteiger partial charge in [0, 0.05) is 18.7 Å². The first-order chi connectivity index (χ1) is 9.74. The average Bonchev–Trinajstić information content (AvgIpc) is 2.49. The van der Waals surface area contributed by atoms with Crippen LogP contribution in [0, 0.1) is 11.7 Å². The van der Waals surface area contributed by atoms with Crippen molar-refractivity contribution in [1.82, 2.24) is 10.2 Å². The molecule has 1 atom stereocenters. The van der Waals surface area contributed by atoms with E-state index >= 15 is 0 Å². The van der Waals surface area contributed by atoms with E-state index in [4.69, 9.17) is 4.74 Å². The summed E-state index contributed by atoms with van der Waals surface area (Å²) in [5, 5.41) is 3.44. The minimum Gasteiger partial charge on any atom is -0.494 e. The predicted molar refractivity (Wildman–Crippen MR) is 79.5 cm³/mol. The van der Waals surface area contributed by atoms with Gasteiger partial charge >= 0.3 is 0 Å². The molecule has 3 nitrogen and oxygen atoms in total. The Kier molecular flexibility index (Phi) is 5.80. The first-order valence-electron chi connectivity index (χ1n) is 7.49. The fourth-order valence-electron chi connectivity index (χ4n) is 2.83. The van der Waals surface area contributed by atoms with Crippen molar-refractivity contribution in [3.05, 3.63) is 29.6 Å². The van der Waals surface area contributed by atoms with E-state index in [1.807, 2.05) is 12.1 Å². The van der Waals surface area contributed by atoms with Crippen LogP contribution < -0.4 is 10.1 Å². The number of nitrogens with one attached hydrogen (secondary N) is 1. The molecule has 0 aromatic heterocycles. The van der Waals surface area contributed by atoms with E-state index in [2.05, 4.69) is 17.1 Å². The summed E-state index contributed by atoms with van der Waals surface area (Å²) in [5.74, 6) is 0.783. The second kappa shape index (κ2) is 7.60. The standard InChI is InChI=1S/C16H25FN2O/c1-3-19(11-13-6-5-9-18-10-13)12-14-7-4-8-15(20-2)16(14)17/h4,7-8,13,18H,3,5-6,9-12H2,1-2H3. The number of rotatable bonds is 6. The molecule has 1 N–H and O–H groups in total. The van der Waals surface area contributed by atoms with Crippen molar-refractivity contribution >= 4 is 0 Å². The van der Waals surface area contributed by atoms with E-state index in [0.717, 1.165) is 31.7 Å². The van der Waals surface area contributed by atoms with Crippen molar-refractivity contribution in [1.29, 1.82) is 0 Å². The molecule has 2 rings (SSSR count). The molecular weight excluding hydrogens is 255 g/mol. The summed E-state index contributed by atoms with van der Waals surface area (Å²) < 4.78 is 19.2. The Morgan fingerprint density at radius 2 is 2.30 bits per heavy atom.